The first kappa shape index (κ1) is 11.8. The molecule has 0 heterocycles. The fourth-order valence-electron chi connectivity index (χ4n) is 4.00. The molecule has 0 radical (unpaired) electrons. The molecular formula is C16H27N. The van der Waals surface area contributed by atoms with Crippen molar-refractivity contribution in [2.75, 3.05) is 0 Å². The van der Waals surface area contributed by atoms with Crippen molar-refractivity contribution in [3.05, 3.63) is 12.2 Å². The lowest BCUT2D eigenvalue weighted by molar-refractivity contribution is 0.286. The third-order valence-corrected chi connectivity index (χ3v) is 5.28. The average Bonchev–Trinajstić information content (AvgIpc) is 2.90. The number of nitrogens with one attached hydrogen (secondary N) is 1. The largest absolute Gasteiger partial charge is 0.311 e. The van der Waals surface area contributed by atoms with E-state index in [4.69, 9.17) is 0 Å². The van der Waals surface area contributed by atoms with E-state index >= 15 is 0 Å². The van der Waals surface area contributed by atoms with E-state index in [0.717, 1.165) is 35.8 Å². The predicted octanol–water partition coefficient (Wildman–Crippen LogP) is 3.76. The summed E-state index contributed by atoms with van der Waals surface area (Å²) < 4.78 is 0. The summed E-state index contributed by atoms with van der Waals surface area (Å²) in [5.74, 6) is 3.77. The molecule has 0 aromatic carbocycles. The summed E-state index contributed by atoms with van der Waals surface area (Å²) in [7, 11) is 0. The zero-order chi connectivity index (χ0) is 11.8. The van der Waals surface area contributed by atoms with Crippen molar-refractivity contribution < 1.29 is 0 Å². The van der Waals surface area contributed by atoms with Gasteiger partial charge in [-0.25, -0.2) is 0 Å². The van der Waals surface area contributed by atoms with Gasteiger partial charge in [-0.05, 0) is 56.3 Å². The molecule has 0 aromatic rings. The van der Waals surface area contributed by atoms with Crippen molar-refractivity contribution in [2.24, 2.45) is 23.7 Å². The highest BCUT2D eigenvalue weighted by molar-refractivity contribution is 5.11. The SMILES string of the molecule is CCC(CC1CC1)NC(C)C1CC2C=CC1C2. The van der Waals surface area contributed by atoms with E-state index in [1.807, 2.05) is 0 Å². The average molecular weight is 233 g/mol. The Bertz CT molecular complexity index is 292. The van der Waals surface area contributed by atoms with E-state index in [1.54, 1.807) is 0 Å². The minimum absolute atomic E-state index is 0.721. The number of hydrogen-bond donors (Lipinski definition) is 1. The molecule has 0 spiro atoms. The Morgan fingerprint density at radius 2 is 2.06 bits per heavy atom. The van der Waals surface area contributed by atoms with Gasteiger partial charge in [0.2, 0.25) is 0 Å². The van der Waals surface area contributed by atoms with E-state index in [2.05, 4.69) is 31.3 Å². The lowest BCUT2D eigenvalue weighted by atomic mass is 9.87. The second-order valence-corrected chi connectivity index (χ2v) is 6.68. The molecule has 0 saturated heterocycles. The smallest absolute Gasteiger partial charge is 0.00754 e. The zero-order valence-corrected chi connectivity index (χ0v) is 11.4. The summed E-state index contributed by atoms with van der Waals surface area (Å²) in [6, 6.07) is 1.50. The molecule has 17 heavy (non-hydrogen) atoms. The summed E-state index contributed by atoms with van der Waals surface area (Å²) in [6.07, 6.45) is 13.5. The fraction of sp³-hybridized carbons (Fsp3) is 0.875. The Morgan fingerprint density at radius 3 is 2.59 bits per heavy atom. The topological polar surface area (TPSA) is 12.0 Å². The highest BCUT2D eigenvalue weighted by atomic mass is 15.0. The van der Waals surface area contributed by atoms with E-state index in [1.165, 1.54) is 38.5 Å². The van der Waals surface area contributed by atoms with Gasteiger partial charge in [0.05, 0.1) is 0 Å². The quantitative estimate of drug-likeness (QED) is 0.689. The molecule has 0 aliphatic heterocycles. The Morgan fingerprint density at radius 1 is 1.24 bits per heavy atom. The Balaban J connectivity index is 1.51. The van der Waals surface area contributed by atoms with Crippen LogP contribution < -0.4 is 5.32 Å². The summed E-state index contributed by atoms with van der Waals surface area (Å²) in [4.78, 5) is 0. The normalized spacial score (nSPS) is 38.6. The molecule has 2 fully saturated rings. The molecule has 3 rings (SSSR count). The van der Waals surface area contributed by atoms with Crippen LogP contribution in [0.5, 0.6) is 0 Å². The predicted molar refractivity (Wildman–Crippen MR) is 72.9 cm³/mol. The molecule has 1 nitrogen and oxygen atoms in total. The van der Waals surface area contributed by atoms with Crippen LogP contribution in [0, 0.1) is 23.7 Å². The lowest BCUT2D eigenvalue weighted by Gasteiger charge is -2.30. The van der Waals surface area contributed by atoms with Crippen LogP contribution >= 0.6 is 0 Å². The highest BCUT2D eigenvalue weighted by Crippen LogP contribution is 2.45. The van der Waals surface area contributed by atoms with Crippen LogP contribution in [0.2, 0.25) is 0 Å². The van der Waals surface area contributed by atoms with Gasteiger partial charge in [0.25, 0.3) is 0 Å². The first-order valence-corrected chi connectivity index (χ1v) is 7.70. The van der Waals surface area contributed by atoms with Crippen LogP contribution in [0.1, 0.15) is 52.4 Å². The molecule has 0 amide bonds. The van der Waals surface area contributed by atoms with Gasteiger partial charge in [0, 0.05) is 12.1 Å². The first-order chi connectivity index (χ1) is 8.26. The van der Waals surface area contributed by atoms with E-state index in [0.29, 0.717) is 0 Å². The van der Waals surface area contributed by atoms with Crippen LogP contribution in [-0.4, -0.2) is 12.1 Å². The Labute approximate surface area is 106 Å². The van der Waals surface area contributed by atoms with Gasteiger partial charge in [-0.3, -0.25) is 0 Å². The van der Waals surface area contributed by atoms with Gasteiger partial charge in [-0.2, -0.15) is 0 Å². The molecule has 3 aliphatic rings. The molecule has 2 bridgehead atoms. The second-order valence-electron chi connectivity index (χ2n) is 6.68. The molecule has 1 N–H and O–H groups in total. The van der Waals surface area contributed by atoms with Crippen LogP contribution in [0.4, 0.5) is 0 Å². The fourth-order valence-corrected chi connectivity index (χ4v) is 4.00. The van der Waals surface area contributed by atoms with Crippen molar-refractivity contribution >= 4 is 0 Å². The molecule has 2 saturated carbocycles. The minimum Gasteiger partial charge on any atom is -0.311 e. The van der Waals surface area contributed by atoms with Crippen LogP contribution in [0.15, 0.2) is 12.2 Å². The molecule has 1 heteroatoms. The minimum atomic E-state index is 0.721. The maximum Gasteiger partial charge on any atom is 0.00754 e. The number of fused-ring (bicyclic) bond motifs is 2. The Kier molecular flexibility index (Phi) is 3.30. The van der Waals surface area contributed by atoms with Gasteiger partial charge in [0.15, 0.2) is 0 Å². The summed E-state index contributed by atoms with van der Waals surface area (Å²) >= 11 is 0. The van der Waals surface area contributed by atoms with Gasteiger partial charge in [-0.1, -0.05) is 31.9 Å². The molecule has 96 valence electrons. The number of allylic oxidation sites excluding steroid dienone is 2. The third-order valence-electron chi connectivity index (χ3n) is 5.28. The second kappa shape index (κ2) is 4.76. The van der Waals surface area contributed by atoms with Gasteiger partial charge in [0.1, 0.15) is 0 Å². The standard InChI is InChI=1S/C16H27N/c1-3-15(9-12-4-5-12)17-11(2)16-10-13-6-7-14(16)8-13/h6-7,11-17H,3-5,8-10H2,1-2H3. The maximum absolute atomic E-state index is 3.93. The van der Waals surface area contributed by atoms with E-state index in [-0.39, 0.29) is 0 Å². The van der Waals surface area contributed by atoms with Crippen LogP contribution in [0.3, 0.4) is 0 Å². The van der Waals surface area contributed by atoms with Crippen molar-refractivity contribution in [3.63, 3.8) is 0 Å². The molecule has 0 aromatic heterocycles. The number of hydrogen-bond acceptors (Lipinski definition) is 1. The van der Waals surface area contributed by atoms with Crippen LogP contribution in [0.25, 0.3) is 0 Å². The Hall–Kier alpha value is -0.300. The molecule has 5 atom stereocenters. The molecule has 5 unspecified atom stereocenters. The zero-order valence-electron chi connectivity index (χ0n) is 11.4. The maximum atomic E-state index is 3.93. The van der Waals surface area contributed by atoms with Gasteiger partial charge >= 0.3 is 0 Å². The molecule has 3 aliphatic carbocycles. The van der Waals surface area contributed by atoms with Crippen LogP contribution in [-0.2, 0) is 0 Å². The molecular weight excluding hydrogens is 206 g/mol. The van der Waals surface area contributed by atoms with E-state index in [9.17, 15) is 0 Å². The first-order valence-electron chi connectivity index (χ1n) is 7.70. The number of rotatable bonds is 6. The van der Waals surface area contributed by atoms with Gasteiger partial charge < -0.3 is 5.32 Å². The third kappa shape index (κ3) is 2.59. The van der Waals surface area contributed by atoms with Crippen molar-refractivity contribution in [2.45, 2.75) is 64.5 Å². The summed E-state index contributed by atoms with van der Waals surface area (Å²) in [6.45, 7) is 4.77. The monoisotopic (exact) mass is 233 g/mol. The summed E-state index contributed by atoms with van der Waals surface area (Å²) in [5.41, 5.74) is 0. The van der Waals surface area contributed by atoms with Crippen molar-refractivity contribution in [1.29, 1.82) is 0 Å². The van der Waals surface area contributed by atoms with Crippen molar-refractivity contribution in [3.8, 4) is 0 Å². The van der Waals surface area contributed by atoms with E-state index < -0.39 is 0 Å². The van der Waals surface area contributed by atoms with Gasteiger partial charge in [-0.15, -0.1) is 0 Å². The summed E-state index contributed by atoms with van der Waals surface area (Å²) in [5, 5.41) is 3.93. The highest BCUT2D eigenvalue weighted by Gasteiger charge is 2.39. The van der Waals surface area contributed by atoms with Crippen molar-refractivity contribution in [1.82, 2.24) is 5.32 Å². The lowest BCUT2D eigenvalue weighted by Crippen LogP contribution is -2.42.